The maximum absolute atomic E-state index is 12.2. The molecule has 5 nitrogen and oxygen atoms in total. The van der Waals surface area contributed by atoms with E-state index in [2.05, 4.69) is 22.5 Å². The molecule has 1 atom stereocenters. The van der Waals surface area contributed by atoms with Gasteiger partial charge in [0, 0.05) is 26.0 Å². The SMILES string of the molecule is CCC1(C(=O)NCc2nccn2C)CCNC1. The molecule has 0 spiro atoms. The second kappa shape index (κ2) is 4.87. The van der Waals surface area contributed by atoms with Crippen LogP contribution in [0.25, 0.3) is 0 Å². The molecule has 1 unspecified atom stereocenters. The van der Waals surface area contributed by atoms with Crippen molar-refractivity contribution in [3.63, 3.8) is 0 Å². The lowest BCUT2D eigenvalue weighted by atomic mass is 9.83. The largest absolute Gasteiger partial charge is 0.348 e. The first kappa shape index (κ1) is 12.1. The molecule has 0 bridgehead atoms. The standard InChI is InChI=1S/C12H20N4O/c1-3-12(4-5-13-9-12)11(17)15-8-10-14-6-7-16(10)2/h6-7,13H,3-5,8-9H2,1-2H3,(H,15,17). The van der Waals surface area contributed by atoms with E-state index in [4.69, 9.17) is 0 Å². The number of carbonyl (C=O) groups excluding carboxylic acids is 1. The van der Waals surface area contributed by atoms with Crippen LogP contribution in [0.15, 0.2) is 12.4 Å². The molecule has 5 heteroatoms. The van der Waals surface area contributed by atoms with Crippen molar-refractivity contribution in [2.24, 2.45) is 12.5 Å². The molecule has 2 heterocycles. The highest BCUT2D eigenvalue weighted by molar-refractivity contribution is 5.83. The summed E-state index contributed by atoms with van der Waals surface area (Å²) in [5.41, 5.74) is -0.217. The summed E-state index contributed by atoms with van der Waals surface area (Å²) in [6.07, 6.45) is 5.44. The third kappa shape index (κ3) is 2.34. The predicted octanol–water partition coefficient (Wildman–Crippen LogP) is 0.426. The number of nitrogens with zero attached hydrogens (tertiary/aromatic N) is 2. The average molecular weight is 236 g/mol. The van der Waals surface area contributed by atoms with Gasteiger partial charge in [-0.1, -0.05) is 6.92 Å². The van der Waals surface area contributed by atoms with Gasteiger partial charge < -0.3 is 15.2 Å². The lowest BCUT2D eigenvalue weighted by Crippen LogP contribution is -2.42. The van der Waals surface area contributed by atoms with Crippen LogP contribution in [0, 0.1) is 5.41 Å². The van der Waals surface area contributed by atoms with E-state index >= 15 is 0 Å². The van der Waals surface area contributed by atoms with Crippen LogP contribution < -0.4 is 10.6 Å². The van der Waals surface area contributed by atoms with Gasteiger partial charge in [-0.2, -0.15) is 0 Å². The van der Waals surface area contributed by atoms with Crippen molar-refractivity contribution >= 4 is 5.91 Å². The summed E-state index contributed by atoms with van der Waals surface area (Å²) in [5, 5.41) is 6.27. The summed E-state index contributed by atoms with van der Waals surface area (Å²) in [7, 11) is 1.93. The van der Waals surface area contributed by atoms with Crippen LogP contribution >= 0.6 is 0 Å². The van der Waals surface area contributed by atoms with E-state index in [1.165, 1.54) is 0 Å². The maximum Gasteiger partial charge on any atom is 0.227 e. The summed E-state index contributed by atoms with van der Waals surface area (Å²) >= 11 is 0. The Balaban J connectivity index is 1.95. The van der Waals surface area contributed by atoms with Crippen LogP contribution in [0.5, 0.6) is 0 Å². The Kier molecular flexibility index (Phi) is 3.47. The Hall–Kier alpha value is -1.36. The van der Waals surface area contributed by atoms with Gasteiger partial charge >= 0.3 is 0 Å². The first-order chi connectivity index (χ1) is 8.18. The third-order valence-electron chi connectivity index (χ3n) is 3.73. The number of imidazole rings is 1. The number of aryl methyl sites for hydroxylation is 1. The van der Waals surface area contributed by atoms with Crippen LogP contribution in [0.3, 0.4) is 0 Å². The van der Waals surface area contributed by atoms with Gasteiger partial charge in [0.25, 0.3) is 0 Å². The van der Waals surface area contributed by atoms with Crippen LogP contribution in [0.4, 0.5) is 0 Å². The molecule has 0 aromatic carbocycles. The highest BCUT2D eigenvalue weighted by Gasteiger charge is 2.39. The Morgan fingerprint density at radius 2 is 2.53 bits per heavy atom. The molecule has 2 rings (SSSR count). The van der Waals surface area contributed by atoms with Crippen LogP contribution in [0.2, 0.25) is 0 Å². The van der Waals surface area contributed by atoms with Crippen molar-refractivity contribution in [3.05, 3.63) is 18.2 Å². The van der Waals surface area contributed by atoms with Crippen molar-refractivity contribution in [1.82, 2.24) is 20.2 Å². The number of hydrogen-bond acceptors (Lipinski definition) is 3. The van der Waals surface area contributed by atoms with E-state index in [-0.39, 0.29) is 11.3 Å². The normalized spacial score (nSPS) is 23.9. The molecule has 2 N–H and O–H groups in total. The second-order valence-electron chi connectivity index (χ2n) is 4.70. The number of rotatable bonds is 4. The Labute approximate surface area is 102 Å². The van der Waals surface area contributed by atoms with Gasteiger partial charge in [0.15, 0.2) is 0 Å². The van der Waals surface area contributed by atoms with E-state index in [0.717, 1.165) is 31.8 Å². The predicted molar refractivity (Wildman–Crippen MR) is 65.3 cm³/mol. The van der Waals surface area contributed by atoms with E-state index in [1.807, 2.05) is 17.8 Å². The molecule has 1 aromatic rings. The fourth-order valence-corrected chi connectivity index (χ4v) is 2.31. The minimum absolute atomic E-state index is 0.146. The quantitative estimate of drug-likeness (QED) is 0.797. The molecule has 0 radical (unpaired) electrons. The molecule has 0 saturated carbocycles. The van der Waals surface area contributed by atoms with Gasteiger partial charge in [-0.05, 0) is 19.4 Å². The van der Waals surface area contributed by atoms with Crippen molar-refractivity contribution in [1.29, 1.82) is 0 Å². The van der Waals surface area contributed by atoms with Crippen molar-refractivity contribution in [2.75, 3.05) is 13.1 Å². The Morgan fingerprint density at radius 1 is 1.71 bits per heavy atom. The molecule has 17 heavy (non-hydrogen) atoms. The molecule has 1 amide bonds. The van der Waals surface area contributed by atoms with Crippen LogP contribution in [-0.2, 0) is 18.4 Å². The molecule has 1 fully saturated rings. The molecule has 1 aromatic heterocycles. The van der Waals surface area contributed by atoms with Crippen LogP contribution in [-0.4, -0.2) is 28.5 Å². The second-order valence-corrected chi connectivity index (χ2v) is 4.70. The maximum atomic E-state index is 12.2. The van der Waals surface area contributed by atoms with E-state index in [0.29, 0.717) is 6.54 Å². The minimum atomic E-state index is -0.217. The van der Waals surface area contributed by atoms with E-state index < -0.39 is 0 Å². The molecule has 0 aliphatic carbocycles. The van der Waals surface area contributed by atoms with Gasteiger partial charge in [0.1, 0.15) is 5.82 Å². The van der Waals surface area contributed by atoms with E-state index in [9.17, 15) is 4.79 Å². The fourth-order valence-electron chi connectivity index (χ4n) is 2.31. The Bertz CT molecular complexity index is 393. The smallest absolute Gasteiger partial charge is 0.227 e. The van der Waals surface area contributed by atoms with Gasteiger partial charge in [0.05, 0.1) is 12.0 Å². The lowest BCUT2D eigenvalue weighted by molar-refractivity contribution is -0.130. The number of aromatic nitrogens is 2. The Morgan fingerprint density at radius 3 is 3.06 bits per heavy atom. The highest BCUT2D eigenvalue weighted by atomic mass is 16.2. The first-order valence-corrected chi connectivity index (χ1v) is 6.13. The zero-order valence-corrected chi connectivity index (χ0v) is 10.5. The number of hydrogen-bond donors (Lipinski definition) is 2. The summed E-state index contributed by atoms with van der Waals surface area (Å²) < 4.78 is 1.92. The zero-order valence-electron chi connectivity index (χ0n) is 10.5. The number of carbonyl (C=O) groups is 1. The fraction of sp³-hybridized carbons (Fsp3) is 0.667. The van der Waals surface area contributed by atoms with E-state index in [1.54, 1.807) is 6.20 Å². The van der Waals surface area contributed by atoms with Crippen molar-refractivity contribution < 1.29 is 4.79 Å². The molecule has 1 aliphatic rings. The zero-order chi connectivity index (χ0) is 12.3. The number of amides is 1. The van der Waals surface area contributed by atoms with Gasteiger partial charge in [-0.15, -0.1) is 0 Å². The first-order valence-electron chi connectivity index (χ1n) is 6.13. The third-order valence-corrected chi connectivity index (χ3v) is 3.73. The summed E-state index contributed by atoms with van der Waals surface area (Å²) in [4.78, 5) is 16.4. The highest BCUT2D eigenvalue weighted by Crippen LogP contribution is 2.29. The number of nitrogens with one attached hydrogen (secondary N) is 2. The molecule has 94 valence electrons. The summed E-state index contributed by atoms with van der Waals surface area (Å²) in [6, 6.07) is 0. The molecule has 1 aliphatic heterocycles. The van der Waals surface area contributed by atoms with Crippen molar-refractivity contribution in [3.8, 4) is 0 Å². The lowest BCUT2D eigenvalue weighted by Gasteiger charge is -2.25. The average Bonchev–Trinajstić information content (AvgIpc) is 2.95. The monoisotopic (exact) mass is 236 g/mol. The molecular weight excluding hydrogens is 216 g/mol. The van der Waals surface area contributed by atoms with Crippen LogP contribution in [0.1, 0.15) is 25.6 Å². The minimum Gasteiger partial charge on any atom is -0.348 e. The van der Waals surface area contributed by atoms with Crippen molar-refractivity contribution in [2.45, 2.75) is 26.3 Å². The van der Waals surface area contributed by atoms with Gasteiger partial charge in [-0.3, -0.25) is 4.79 Å². The van der Waals surface area contributed by atoms with Gasteiger partial charge in [-0.25, -0.2) is 4.98 Å². The molecule has 1 saturated heterocycles. The topological polar surface area (TPSA) is 59.0 Å². The summed E-state index contributed by atoms with van der Waals surface area (Å²) in [5.74, 6) is 1.03. The van der Waals surface area contributed by atoms with Gasteiger partial charge in [0.2, 0.25) is 5.91 Å². The molecular formula is C12H20N4O. The summed E-state index contributed by atoms with van der Waals surface area (Å²) in [6.45, 7) is 4.30.